The SMILES string of the molecule is CCCCNc1nc(Nc2ccc(Cl)cc2)c2cnn(-c3ccccc3)c2n1. The third-order valence-electron chi connectivity index (χ3n) is 4.35. The van der Waals surface area contributed by atoms with Gasteiger partial charge in [0.25, 0.3) is 0 Å². The molecular weight excluding hydrogens is 372 g/mol. The number of rotatable bonds is 7. The number of aromatic nitrogens is 4. The van der Waals surface area contributed by atoms with Gasteiger partial charge >= 0.3 is 0 Å². The topological polar surface area (TPSA) is 67.7 Å². The molecule has 0 aliphatic rings. The summed E-state index contributed by atoms with van der Waals surface area (Å²) in [5, 5.41) is 12.8. The van der Waals surface area contributed by atoms with E-state index in [2.05, 4.69) is 27.6 Å². The highest BCUT2D eigenvalue weighted by molar-refractivity contribution is 6.30. The number of nitrogens with zero attached hydrogens (tertiary/aromatic N) is 4. The van der Waals surface area contributed by atoms with Crippen LogP contribution in [0.5, 0.6) is 0 Å². The van der Waals surface area contributed by atoms with Crippen LogP contribution in [0.3, 0.4) is 0 Å². The molecule has 0 saturated heterocycles. The normalized spacial score (nSPS) is 10.9. The first kappa shape index (κ1) is 18.3. The second-order valence-corrected chi connectivity index (χ2v) is 6.87. The van der Waals surface area contributed by atoms with E-state index in [0.717, 1.165) is 41.8 Å². The molecule has 4 rings (SSSR count). The first-order chi connectivity index (χ1) is 13.7. The Morgan fingerprint density at radius 1 is 1.00 bits per heavy atom. The minimum Gasteiger partial charge on any atom is -0.354 e. The Balaban J connectivity index is 1.78. The van der Waals surface area contributed by atoms with Crippen LogP contribution in [0, 0.1) is 0 Å². The zero-order valence-electron chi connectivity index (χ0n) is 15.6. The zero-order valence-corrected chi connectivity index (χ0v) is 16.3. The van der Waals surface area contributed by atoms with Crippen LogP contribution < -0.4 is 10.6 Å². The average molecular weight is 393 g/mol. The lowest BCUT2D eigenvalue weighted by molar-refractivity contribution is 0.826. The standard InChI is InChI=1S/C21H21ClN6/c1-2-3-13-23-21-26-19(25-16-11-9-15(22)10-12-16)18-14-24-28(20(18)27-21)17-7-5-4-6-8-17/h4-12,14H,2-3,13H2,1H3,(H2,23,25,26,27). The molecule has 2 aromatic carbocycles. The number of anilines is 3. The number of halogens is 1. The molecule has 2 N–H and O–H groups in total. The summed E-state index contributed by atoms with van der Waals surface area (Å²) in [5.74, 6) is 1.28. The average Bonchev–Trinajstić information content (AvgIpc) is 3.15. The second kappa shape index (κ2) is 8.27. The van der Waals surface area contributed by atoms with Crippen molar-refractivity contribution in [2.75, 3.05) is 17.2 Å². The molecule has 0 bridgehead atoms. The first-order valence-corrected chi connectivity index (χ1v) is 9.70. The molecule has 2 aromatic heterocycles. The summed E-state index contributed by atoms with van der Waals surface area (Å²) in [6.07, 6.45) is 3.95. The Kier molecular flexibility index (Phi) is 5.39. The molecule has 142 valence electrons. The van der Waals surface area contributed by atoms with Crippen LogP contribution in [-0.4, -0.2) is 26.3 Å². The highest BCUT2D eigenvalue weighted by atomic mass is 35.5. The Bertz CT molecular complexity index is 1060. The Hall–Kier alpha value is -3.12. The van der Waals surface area contributed by atoms with E-state index in [1.807, 2.05) is 59.3 Å². The smallest absolute Gasteiger partial charge is 0.226 e. The Morgan fingerprint density at radius 2 is 1.79 bits per heavy atom. The summed E-state index contributed by atoms with van der Waals surface area (Å²) in [7, 11) is 0. The fourth-order valence-corrected chi connectivity index (χ4v) is 3.01. The second-order valence-electron chi connectivity index (χ2n) is 6.44. The molecule has 0 spiro atoms. The summed E-state index contributed by atoms with van der Waals surface area (Å²) < 4.78 is 1.83. The molecule has 0 fully saturated rings. The lowest BCUT2D eigenvalue weighted by Crippen LogP contribution is -2.08. The van der Waals surface area contributed by atoms with Gasteiger partial charge in [0, 0.05) is 17.3 Å². The molecule has 0 aliphatic carbocycles. The number of para-hydroxylation sites is 1. The summed E-state index contributed by atoms with van der Waals surface area (Å²) in [4.78, 5) is 9.39. The maximum absolute atomic E-state index is 6.00. The third-order valence-corrected chi connectivity index (χ3v) is 4.60. The fourth-order valence-electron chi connectivity index (χ4n) is 2.89. The quantitative estimate of drug-likeness (QED) is 0.411. The highest BCUT2D eigenvalue weighted by Gasteiger charge is 2.14. The van der Waals surface area contributed by atoms with E-state index in [4.69, 9.17) is 16.6 Å². The molecule has 0 radical (unpaired) electrons. The maximum Gasteiger partial charge on any atom is 0.226 e. The molecular formula is C21H21ClN6. The van der Waals surface area contributed by atoms with Crippen LogP contribution in [0.25, 0.3) is 16.7 Å². The number of hydrogen-bond acceptors (Lipinski definition) is 5. The van der Waals surface area contributed by atoms with Crippen LogP contribution in [0.4, 0.5) is 17.5 Å². The monoisotopic (exact) mass is 392 g/mol. The van der Waals surface area contributed by atoms with E-state index < -0.39 is 0 Å². The van der Waals surface area contributed by atoms with Crippen LogP contribution >= 0.6 is 11.6 Å². The zero-order chi connectivity index (χ0) is 19.3. The van der Waals surface area contributed by atoms with Gasteiger partial charge in [-0.15, -0.1) is 0 Å². The van der Waals surface area contributed by atoms with Crippen molar-refractivity contribution in [2.45, 2.75) is 19.8 Å². The number of benzene rings is 2. The highest BCUT2D eigenvalue weighted by Crippen LogP contribution is 2.27. The van der Waals surface area contributed by atoms with Crippen molar-refractivity contribution in [3.63, 3.8) is 0 Å². The van der Waals surface area contributed by atoms with Gasteiger partial charge in [-0.3, -0.25) is 0 Å². The van der Waals surface area contributed by atoms with Gasteiger partial charge in [-0.1, -0.05) is 43.1 Å². The van der Waals surface area contributed by atoms with Crippen molar-refractivity contribution in [1.29, 1.82) is 0 Å². The molecule has 0 atom stereocenters. The van der Waals surface area contributed by atoms with Gasteiger partial charge in [-0.05, 0) is 42.8 Å². The summed E-state index contributed by atoms with van der Waals surface area (Å²) in [6, 6.07) is 17.5. The van der Waals surface area contributed by atoms with Crippen LogP contribution in [-0.2, 0) is 0 Å². The molecule has 2 heterocycles. The van der Waals surface area contributed by atoms with Gasteiger partial charge in [-0.2, -0.15) is 15.1 Å². The molecule has 0 unspecified atom stereocenters. The van der Waals surface area contributed by atoms with Gasteiger partial charge in [0.2, 0.25) is 5.95 Å². The molecule has 0 amide bonds. The van der Waals surface area contributed by atoms with Gasteiger partial charge < -0.3 is 10.6 Å². The molecule has 28 heavy (non-hydrogen) atoms. The van der Waals surface area contributed by atoms with E-state index in [0.29, 0.717) is 16.8 Å². The summed E-state index contributed by atoms with van der Waals surface area (Å²) >= 11 is 6.00. The largest absolute Gasteiger partial charge is 0.354 e. The summed E-state index contributed by atoms with van der Waals surface area (Å²) in [5.41, 5.74) is 2.60. The predicted octanol–water partition coefficient (Wildman–Crippen LogP) is 5.42. The molecule has 7 heteroatoms. The lowest BCUT2D eigenvalue weighted by atomic mass is 10.3. The van der Waals surface area contributed by atoms with Gasteiger partial charge in [0.1, 0.15) is 5.82 Å². The maximum atomic E-state index is 6.00. The number of nitrogens with one attached hydrogen (secondary N) is 2. The molecule has 4 aromatic rings. The van der Waals surface area contributed by atoms with Crippen molar-refractivity contribution in [3.05, 3.63) is 65.8 Å². The minimum absolute atomic E-state index is 0.579. The molecule has 0 aliphatic heterocycles. The van der Waals surface area contributed by atoms with E-state index in [1.165, 1.54) is 0 Å². The Morgan fingerprint density at radius 3 is 2.54 bits per heavy atom. The number of unbranched alkanes of at least 4 members (excludes halogenated alkanes) is 1. The van der Waals surface area contributed by atoms with Gasteiger partial charge in [0.15, 0.2) is 5.65 Å². The summed E-state index contributed by atoms with van der Waals surface area (Å²) in [6.45, 7) is 2.98. The number of hydrogen-bond donors (Lipinski definition) is 2. The van der Waals surface area contributed by atoms with E-state index in [9.17, 15) is 0 Å². The van der Waals surface area contributed by atoms with Crippen molar-refractivity contribution < 1.29 is 0 Å². The lowest BCUT2D eigenvalue weighted by Gasteiger charge is -2.11. The van der Waals surface area contributed by atoms with Crippen LogP contribution in [0.2, 0.25) is 5.02 Å². The van der Waals surface area contributed by atoms with E-state index in [1.54, 1.807) is 6.20 Å². The van der Waals surface area contributed by atoms with Crippen LogP contribution in [0.1, 0.15) is 19.8 Å². The van der Waals surface area contributed by atoms with Crippen molar-refractivity contribution in [3.8, 4) is 5.69 Å². The number of fused-ring (bicyclic) bond motifs is 1. The third kappa shape index (κ3) is 3.92. The Labute approximate surface area is 168 Å². The van der Waals surface area contributed by atoms with Gasteiger partial charge in [0.05, 0.1) is 17.3 Å². The van der Waals surface area contributed by atoms with Crippen molar-refractivity contribution in [2.24, 2.45) is 0 Å². The fraction of sp³-hybridized carbons (Fsp3) is 0.190. The van der Waals surface area contributed by atoms with Crippen LogP contribution in [0.15, 0.2) is 60.8 Å². The first-order valence-electron chi connectivity index (χ1n) is 9.32. The van der Waals surface area contributed by atoms with E-state index >= 15 is 0 Å². The van der Waals surface area contributed by atoms with Crippen molar-refractivity contribution in [1.82, 2.24) is 19.7 Å². The molecule has 6 nitrogen and oxygen atoms in total. The van der Waals surface area contributed by atoms with Crippen molar-refractivity contribution >= 4 is 40.1 Å². The minimum atomic E-state index is 0.579. The molecule has 0 saturated carbocycles. The van der Waals surface area contributed by atoms with Gasteiger partial charge in [-0.25, -0.2) is 4.68 Å². The van der Waals surface area contributed by atoms with E-state index in [-0.39, 0.29) is 0 Å². The predicted molar refractivity (Wildman–Crippen MR) is 115 cm³/mol.